The highest BCUT2D eigenvalue weighted by molar-refractivity contribution is 5.70. The zero-order valence-corrected chi connectivity index (χ0v) is 12.8. The van der Waals surface area contributed by atoms with Crippen molar-refractivity contribution in [2.24, 2.45) is 0 Å². The quantitative estimate of drug-likeness (QED) is 0.651. The number of benzene rings is 2. The molecule has 22 heavy (non-hydrogen) atoms. The Kier molecular flexibility index (Phi) is 7.46. The molecule has 4 heteroatoms. The number of aliphatic hydroxyl groups excluding tert-OH is 1. The Hall–Kier alpha value is -1.88. The molecular weight excluding hydrogens is 278 g/mol. The van der Waals surface area contributed by atoms with Gasteiger partial charge in [0.1, 0.15) is 12.4 Å². The van der Waals surface area contributed by atoms with Crippen LogP contribution in [0.1, 0.15) is 0 Å². The minimum absolute atomic E-state index is 0.208. The summed E-state index contributed by atoms with van der Waals surface area (Å²) in [7, 11) is 0. The molecule has 0 amide bonds. The van der Waals surface area contributed by atoms with E-state index in [1.54, 1.807) is 0 Å². The smallest absolute Gasteiger partial charge is 0.127 e. The average molecular weight is 302 g/mol. The molecule has 0 aliphatic carbocycles. The molecule has 0 aromatic heterocycles. The van der Waals surface area contributed by atoms with Crippen LogP contribution in [0.25, 0.3) is 11.1 Å². The molecule has 3 N–H and O–H groups in total. The Morgan fingerprint density at radius 1 is 0.818 bits per heavy atom. The number of hydrogen-bond acceptors (Lipinski definition) is 3. The van der Waals surface area contributed by atoms with Gasteiger partial charge in [-0.15, -0.1) is 0 Å². The first-order valence-corrected chi connectivity index (χ1v) is 7.69. The Morgan fingerprint density at radius 2 is 1.59 bits per heavy atom. The van der Waals surface area contributed by atoms with Gasteiger partial charge in [0.05, 0.1) is 32.9 Å². The lowest BCUT2D eigenvalue weighted by Crippen LogP contribution is -2.86. The summed E-state index contributed by atoms with van der Waals surface area (Å²) in [5, 5.41) is 10.7. The van der Waals surface area contributed by atoms with Crippen LogP contribution in [0.15, 0.2) is 54.6 Å². The summed E-state index contributed by atoms with van der Waals surface area (Å²) in [4.78, 5) is 0. The van der Waals surface area contributed by atoms with Gasteiger partial charge in [0.25, 0.3) is 0 Å². The van der Waals surface area contributed by atoms with Crippen LogP contribution in [0.5, 0.6) is 5.75 Å². The number of quaternary nitrogens is 1. The van der Waals surface area contributed by atoms with E-state index in [2.05, 4.69) is 18.2 Å². The molecule has 4 nitrogen and oxygen atoms in total. The van der Waals surface area contributed by atoms with E-state index in [4.69, 9.17) is 14.6 Å². The van der Waals surface area contributed by atoms with Gasteiger partial charge in [0.15, 0.2) is 0 Å². The van der Waals surface area contributed by atoms with Gasteiger partial charge in [0.2, 0.25) is 0 Å². The maximum Gasteiger partial charge on any atom is 0.127 e. The Bertz CT molecular complexity index is 531. The van der Waals surface area contributed by atoms with E-state index in [0.29, 0.717) is 19.8 Å². The molecule has 118 valence electrons. The zero-order valence-electron chi connectivity index (χ0n) is 12.8. The van der Waals surface area contributed by atoms with Crippen molar-refractivity contribution >= 4 is 0 Å². The van der Waals surface area contributed by atoms with Gasteiger partial charge in [0, 0.05) is 5.56 Å². The van der Waals surface area contributed by atoms with Crippen LogP contribution in [0.2, 0.25) is 0 Å². The van der Waals surface area contributed by atoms with Gasteiger partial charge < -0.3 is 19.9 Å². The molecule has 2 aromatic carbocycles. The lowest BCUT2D eigenvalue weighted by atomic mass is 10.1. The molecule has 0 saturated heterocycles. The van der Waals surface area contributed by atoms with Gasteiger partial charge in [-0.1, -0.05) is 48.5 Å². The molecule has 0 fully saturated rings. The highest BCUT2D eigenvalue weighted by Gasteiger charge is 2.04. The second-order valence-corrected chi connectivity index (χ2v) is 4.91. The standard InChI is InChI=1S/C18H23NO3/c20-12-10-19-11-13-21-14-15-22-18-9-5-4-8-17(18)16-6-2-1-3-7-16/h1-9,19-20H,10-15H2/p+1. The van der Waals surface area contributed by atoms with Crippen LogP contribution in [-0.2, 0) is 4.74 Å². The SMILES string of the molecule is OCC[NH2+]CCOCCOc1ccccc1-c1ccccc1. The van der Waals surface area contributed by atoms with E-state index in [1.165, 1.54) is 0 Å². The van der Waals surface area contributed by atoms with Crippen LogP contribution in [0, 0.1) is 0 Å². The Balaban J connectivity index is 1.77. The summed E-state index contributed by atoms with van der Waals surface area (Å²) in [6.07, 6.45) is 0. The third-order valence-electron chi connectivity index (χ3n) is 3.26. The molecule has 0 bridgehead atoms. The second kappa shape index (κ2) is 9.95. The van der Waals surface area contributed by atoms with Crippen LogP contribution in [0.3, 0.4) is 0 Å². The Labute approximate surface area is 131 Å². The van der Waals surface area contributed by atoms with Gasteiger partial charge in [-0.05, 0) is 11.6 Å². The van der Waals surface area contributed by atoms with Gasteiger partial charge >= 0.3 is 0 Å². The largest absolute Gasteiger partial charge is 0.491 e. The third-order valence-corrected chi connectivity index (χ3v) is 3.26. The number of para-hydroxylation sites is 1. The van der Waals surface area contributed by atoms with Crippen LogP contribution in [0.4, 0.5) is 0 Å². The maximum atomic E-state index is 8.66. The van der Waals surface area contributed by atoms with Gasteiger partial charge in [-0.25, -0.2) is 0 Å². The molecule has 0 atom stereocenters. The summed E-state index contributed by atoms with van der Waals surface area (Å²) < 4.78 is 11.4. The average Bonchev–Trinajstić information content (AvgIpc) is 2.58. The molecule has 2 aromatic rings. The van der Waals surface area contributed by atoms with Crippen molar-refractivity contribution in [3.05, 3.63) is 54.6 Å². The van der Waals surface area contributed by atoms with E-state index in [1.807, 2.05) is 41.7 Å². The van der Waals surface area contributed by atoms with Crippen molar-refractivity contribution in [3.8, 4) is 16.9 Å². The van der Waals surface area contributed by atoms with E-state index < -0.39 is 0 Å². The molecule has 0 radical (unpaired) electrons. The monoisotopic (exact) mass is 302 g/mol. The minimum atomic E-state index is 0.208. The number of hydrogen-bond donors (Lipinski definition) is 2. The fourth-order valence-electron chi connectivity index (χ4n) is 2.16. The first-order valence-electron chi connectivity index (χ1n) is 7.69. The topological polar surface area (TPSA) is 55.3 Å². The van der Waals surface area contributed by atoms with E-state index in [9.17, 15) is 0 Å². The molecule has 0 aliphatic rings. The van der Waals surface area contributed by atoms with Crippen molar-refractivity contribution in [2.75, 3.05) is 39.5 Å². The molecular formula is C18H24NO3+. The summed E-state index contributed by atoms with van der Waals surface area (Å²) >= 11 is 0. The van der Waals surface area contributed by atoms with Crippen LogP contribution >= 0.6 is 0 Å². The Morgan fingerprint density at radius 3 is 2.41 bits per heavy atom. The summed E-state index contributed by atoms with van der Waals surface area (Å²) in [5.74, 6) is 0.879. The molecule has 0 aliphatic heterocycles. The molecule has 0 saturated carbocycles. The van der Waals surface area contributed by atoms with Crippen molar-refractivity contribution in [3.63, 3.8) is 0 Å². The minimum Gasteiger partial charge on any atom is -0.491 e. The lowest BCUT2D eigenvalue weighted by molar-refractivity contribution is -0.657. The number of nitrogens with two attached hydrogens (primary N) is 1. The lowest BCUT2D eigenvalue weighted by Gasteiger charge is -2.11. The first-order chi connectivity index (χ1) is 10.9. The zero-order chi connectivity index (χ0) is 15.5. The molecule has 2 rings (SSSR count). The number of aliphatic hydroxyl groups is 1. The fourth-order valence-corrected chi connectivity index (χ4v) is 2.16. The predicted molar refractivity (Wildman–Crippen MR) is 86.9 cm³/mol. The van der Waals surface area contributed by atoms with Crippen LogP contribution < -0.4 is 10.1 Å². The number of ether oxygens (including phenoxy) is 2. The summed E-state index contributed by atoms with van der Waals surface area (Å²) in [5.41, 5.74) is 2.25. The first kappa shape index (κ1) is 16.5. The highest BCUT2D eigenvalue weighted by atomic mass is 16.5. The summed E-state index contributed by atoms with van der Waals surface area (Å²) in [6.45, 7) is 3.56. The van der Waals surface area contributed by atoms with Crippen molar-refractivity contribution in [2.45, 2.75) is 0 Å². The van der Waals surface area contributed by atoms with Crippen LogP contribution in [-0.4, -0.2) is 44.6 Å². The molecule has 0 spiro atoms. The van der Waals surface area contributed by atoms with Crippen molar-refractivity contribution < 1.29 is 19.9 Å². The summed E-state index contributed by atoms with van der Waals surface area (Å²) in [6, 6.07) is 18.3. The molecule has 0 unspecified atom stereocenters. The number of rotatable bonds is 10. The normalized spacial score (nSPS) is 10.6. The maximum absolute atomic E-state index is 8.66. The van der Waals surface area contributed by atoms with Gasteiger partial charge in [-0.3, -0.25) is 0 Å². The van der Waals surface area contributed by atoms with Crippen molar-refractivity contribution in [1.29, 1.82) is 0 Å². The third kappa shape index (κ3) is 5.48. The van der Waals surface area contributed by atoms with Crippen molar-refractivity contribution in [1.82, 2.24) is 0 Å². The highest BCUT2D eigenvalue weighted by Crippen LogP contribution is 2.29. The predicted octanol–water partition coefficient (Wildman–Crippen LogP) is 1.30. The molecule has 0 heterocycles. The van der Waals surface area contributed by atoms with E-state index >= 15 is 0 Å². The van der Waals surface area contributed by atoms with E-state index in [0.717, 1.165) is 30.0 Å². The fraction of sp³-hybridized carbons (Fsp3) is 0.333. The van der Waals surface area contributed by atoms with Gasteiger partial charge in [-0.2, -0.15) is 0 Å². The second-order valence-electron chi connectivity index (χ2n) is 4.91. The van der Waals surface area contributed by atoms with E-state index in [-0.39, 0.29) is 6.61 Å².